The first-order chi connectivity index (χ1) is 11.5. The largest absolute Gasteiger partial charge is 0.492 e. The van der Waals surface area contributed by atoms with E-state index in [1.54, 1.807) is 0 Å². The summed E-state index contributed by atoms with van der Waals surface area (Å²) in [7, 11) is 1.99. The molecule has 0 N–H and O–H groups in total. The standard InChI is InChI=1S/C20H33N3O/c1-7-9-10-12-19(11-8-2)24-15-17(5)22-20-21-13-18(16(3)4)14-23(20)6/h10-14,16-17H,7-9,15H2,1-6H3/b12-10-,19-11+,22-20?. The Bertz CT molecular complexity index is 612. The Morgan fingerprint density at radius 3 is 2.67 bits per heavy atom. The van der Waals surface area contributed by atoms with Gasteiger partial charge in [0.25, 0.3) is 0 Å². The highest BCUT2D eigenvalue weighted by Crippen LogP contribution is 2.10. The number of aryl methyl sites for hydroxylation is 1. The van der Waals surface area contributed by atoms with Gasteiger partial charge in [-0.1, -0.05) is 40.2 Å². The van der Waals surface area contributed by atoms with Crippen LogP contribution in [0.3, 0.4) is 0 Å². The van der Waals surface area contributed by atoms with Gasteiger partial charge in [0.05, 0.1) is 6.04 Å². The average Bonchev–Trinajstić information content (AvgIpc) is 2.54. The molecule has 0 aliphatic carbocycles. The van der Waals surface area contributed by atoms with Gasteiger partial charge in [0, 0.05) is 19.4 Å². The molecule has 1 atom stereocenters. The van der Waals surface area contributed by atoms with Crippen molar-refractivity contribution in [3.63, 3.8) is 0 Å². The second kappa shape index (κ2) is 10.8. The third-order valence-electron chi connectivity index (χ3n) is 3.62. The van der Waals surface area contributed by atoms with E-state index in [0.717, 1.165) is 30.6 Å². The third kappa shape index (κ3) is 7.16. The SMILES string of the molecule is CC/C=C(\C=C/CCC)OCC(C)N=c1ncc(C(C)C)cn1C. The van der Waals surface area contributed by atoms with Gasteiger partial charge >= 0.3 is 0 Å². The van der Waals surface area contributed by atoms with Gasteiger partial charge in [0.15, 0.2) is 0 Å². The maximum atomic E-state index is 5.91. The van der Waals surface area contributed by atoms with Crippen molar-refractivity contribution in [2.45, 2.75) is 65.8 Å². The maximum Gasteiger partial charge on any atom is 0.224 e. The molecule has 0 saturated carbocycles. The van der Waals surface area contributed by atoms with Crippen molar-refractivity contribution < 1.29 is 4.74 Å². The Hall–Kier alpha value is -1.84. The summed E-state index contributed by atoms with van der Waals surface area (Å²) in [5.74, 6) is 1.40. The average molecular weight is 332 g/mol. The van der Waals surface area contributed by atoms with E-state index in [1.807, 2.05) is 17.8 Å². The van der Waals surface area contributed by atoms with Crippen LogP contribution in [0, 0.1) is 0 Å². The van der Waals surface area contributed by atoms with Gasteiger partial charge in [-0.25, -0.2) is 9.98 Å². The maximum absolute atomic E-state index is 5.91. The molecule has 1 aromatic heterocycles. The lowest BCUT2D eigenvalue weighted by atomic mass is 10.1. The zero-order valence-electron chi connectivity index (χ0n) is 16.1. The Morgan fingerprint density at radius 2 is 2.08 bits per heavy atom. The summed E-state index contributed by atoms with van der Waals surface area (Å²) in [6.45, 7) is 11.2. The van der Waals surface area contributed by atoms with E-state index in [9.17, 15) is 0 Å². The van der Waals surface area contributed by atoms with Gasteiger partial charge in [-0.15, -0.1) is 0 Å². The zero-order chi connectivity index (χ0) is 17.9. The highest BCUT2D eigenvalue weighted by Gasteiger charge is 2.04. The van der Waals surface area contributed by atoms with Gasteiger partial charge < -0.3 is 9.30 Å². The fraction of sp³-hybridized carbons (Fsp3) is 0.600. The van der Waals surface area contributed by atoms with Crippen LogP contribution in [0.5, 0.6) is 0 Å². The van der Waals surface area contributed by atoms with Crippen LogP contribution in [0.2, 0.25) is 0 Å². The molecule has 4 heteroatoms. The Balaban J connectivity index is 2.73. The highest BCUT2D eigenvalue weighted by atomic mass is 16.5. The van der Waals surface area contributed by atoms with Gasteiger partial charge in [0.2, 0.25) is 5.62 Å². The number of rotatable bonds is 9. The zero-order valence-corrected chi connectivity index (χ0v) is 16.1. The summed E-state index contributed by atoms with van der Waals surface area (Å²) in [5, 5.41) is 0. The van der Waals surface area contributed by atoms with Crippen LogP contribution in [0.4, 0.5) is 0 Å². The number of aromatic nitrogens is 2. The molecule has 1 heterocycles. The number of hydrogen-bond donors (Lipinski definition) is 0. The topological polar surface area (TPSA) is 39.4 Å². The van der Waals surface area contributed by atoms with Crippen molar-refractivity contribution in [2.24, 2.45) is 12.0 Å². The number of allylic oxidation sites excluding steroid dienone is 3. The molecule has 0 radical (unpaired) electrons. The molecule has 1 aromatic rings. The number of unbranched alkanes of at least 4 members (excludes halogenated alkanes) is 1. The molecule has 134 valence electrons. The molecule has 0 aliphatic heterocycles. The van der Waals surface area contributed by atoms with E-state index in [-0.39, 0.29) is 6.04 Å². The first-order valence-electron chi connectivity index (χ1n) is 9.03. The van der Waals surface area contributed by atoms with E-state index in [2.05, 4.69) is 69.0 Å². The van der Waals surface area contributed by atoms with Gasteiger partial charge in [0.1, 0.15) is 12.4 Å². The molecule has 1 unspecified atom stereocenters. The van der Waals surface area contributed by atoms with E-state index < -0.39 is 0 Å². The minimum absolute atomic E-state index is 0.0495. The molecule has 0 fully saturated rings. The molecular weight excluding hydrogens is 298 g/mol. The van der Waals surface area contributed by atoms with Crippen molar-refractivity contribution >= 4 is 0 Å². The number of hydrogen-bond acceptors (Lipinski definition) is 3. The summed E-state index contributed by atoms with van der Waals surface area (Å²) < 4.78 is 7.89. The second-order valence-electron chi connectivity index (χ2n) is 6.45. The van der Waals surface area contributed by atoms with Crippen molar-refractivity contribution in [3.8, 4) is 0 Å². The summed E-state index contributed by atoms with van der Waals surface area (Å²) in [5.41, 5.74) is 1.95. The predicted molar refractivity (Wildman–Crippen MR) is 101 cm³/mol. The van der Waals surface area contributed by atoms with E-state index in [1.165, 1.54) is 5.56 Å². The van der Waals surface area contributed by atoms with Crippen molar-refractivity contribution in [3.05, 3.63) is 47.6 Å². The van der Waals surface area contributed by atoms with Crippen LogP contribution in [0.25, 0.3) is 0 Å². The second-order valence-corrected chi connectivity index (χ2v) is 6.45. The molecule has 0 aliphatic rings. The van der Waals surface area contributed by atoms with Gasteiger partial charge in [-0.3, -0.25) is 0 Å². The fourth-order valence-electron chi connectivity index (χ4n) is 2.15. The monoisotopic (exact) mass is 331 g/mol. The summed E-state index contributed by atoms with van der Waals surface area (Å²) >= 11 is 0. The van der Waals surface area contributed by atoms with Crippen LogP contribution in [0.1, 0.15) is 65.4 Å². The quantitative estimate of drug-likeness (QED) is 0.494. The number of nitrogens with zero attached hydrogens (tertiary/aromatic N) is 3. The Kier molecular flexibility index (Phi) is 9.13. The van der Waals surface area contributed by atoms with Crippen LogP contribution in [0.15, 0.2) is 41.4 Å². The van der Waals surface area contributed by atoms with Crippen LogP contribution >= 0.6 is 0 Å². The lowest BCUT2D eigenvalue weighted by Gasteiger charge is -2.11. The van der Waals surface area contributed by atoms with E-state index in [0.29, 0.717) is 12.5 Å². The molecule has 4 nitrogen and oxygen atoms in total. The molecular formula is C20H33N3O. The highest BCUT2D eigenvalue weighted by molar-refractivity contribution is 5.12. The number of ether oxygens (including phenoxy) is 1. The van der Waals surface area contributed by atoms with E-state index in [4.69, 9.17) is 4.74 Å². The van der Waals surface area contributed by atoms with Crippen LogP contribution < -0.4 is 5.62 Å². The van der Waals surface area contributed by atoms with Gasteiger partial charge in [-0.2, -0.15) is 0 Å². The molecule has 24 heavy (non-hydrogen) atoms. The summed E-state index contributed by atoms with van der Waals surface area (Å²) in [4.78, 5) is 9.14. The van der Waals surface area contributed by atoms with E-state index >= 15 is 0 Å². The molecule has 0 spiro atoms. The van der Waals surface area contributed by atoms with Gasteiger partial charge in [-0.05, 0) is 43.4 Å². The molecule has 0 bridgehead atoms. The molecule has 1 rings (SSSR count). The van der Waals surface area contributed by atoms with Crippen molar-refractivity contribution in [2.75, 3.05) is 6.61 Å². The lowest BCUT2D eigenvalue weighted by Crippen LogP contribution is -2.25. The molecule has 0 amide bonds. The summed E-state index contributed by atoms with van der Waals surface area (Å²) in [6.07, 6.45) is 13.5. The lowest BCUT2D eigenvalue weighted by molar-refractivity contribution is 0.207. The smallest absolute Gasteiger partial charge is 0.224 e. The first-order valence-corrected chi connectivity index (χ1v) is 9.03. The van der Waals surface area contributed by atoms with Crippen LogP contribution in [-0.4, -0.2) is 22.2 Å². The Morgan fingerprint density at radius 1 is 1.33 bits per heavy atom. The van der Waals surface area contributed by atoms with Crippen LogP contribution in [-0.2, 0) is 11.8 Å². The normalized spacial score (nSPS) is 14.6. The van der Waals surface area contributed by atoms with Crippen molar-refractivity contribution in [1.29, 1.82) is 0 Å². The first kappa shape index (κ1) is 20.2. The minimum Gasteiger partial charge on any atom is -0.492 e. The molecule has 0 aromatic carbocycles. The summed E-state index contributed by atoms with van der Waals surface area (Å²) in [6, 6.07) is 0.0495. The predicted octanol–water partition coefficient (Wildman–Crippen LogP) is 4.50. The fourth-order valence-corrected chi connectivity index (χ4v) is 2.15. The minimum atomic E-state index is 0.0495. The molecule has 0 saturated heterocycles. The van der Waals surface area contributed by atoms with Crippen molar-refractivity contribution in [1.82, 2.24) is 9.55 Å². The Labute approximate surface area is 147 Å². The third-order valence-corrected chi connectivity index (χ3v) is 3.62.